The lowest BCUT2D eigenvalue weighted by Crippen LogP contribution is -2.27. The second kappa shape index (κ2) is 7.46. The summed E-state index contributed by atoms with van der Waals surface area (Å²) in [5.74, 6) is -0.101. The number of ether oxygens (including phenoxy) is 2. The first-order valence-corrected chi connectivity index (χ1v) is 8.08. The molecular formula is C18H23N3O4. The van der Waals surface area contributed by atoms with Crippen LogP contribution in [0.1, 0.15) is 39.7 Å². The molecule has 1 unspecified atom stereocenters. The van der Waals surface area contributed by atoms with Crippen molar-refractivity contribution in [2.24, 2.45) is 10.9 Å². The Morgan fingerprint density at radius 1 is 1.32 bits per heavy atom. The number of anilines is 1. The van der Waals surface area contributed by atoms with Gasteiger partial charge in [0.1, 0.15) is 17.1 Å². The van der Waals surface area contributed by atoms with Gasteiger partial charge < -0.3 is 9.47 Å². The Balaban J connectivity index is 2.21. The summed E-state index contributed by atoms with van der Waals surface area (Å²) in [6, 6.07) is 3.50. The SMILES string of the molecule is CCC1C=C(C(=O)OC)N=C1c1ccnc(NC(=O)OC(C)(C)C)c1. The summed E-state index contributed by atoms with van der Waals surface area (Å²) < 4.78 is 9.95. The summed E-state index contributed by atoms with van der Waals surface area (Å²) in [5, 5.41) is 2.60. The number of allylic oxidation sites excluding steroid dienone is 1. The average molecular weight is 345 g/mol. The normalized spacial score (nSPS) is 16.8. The molecule has 1 aliphatic rings. The molecule has 1 aliphatic heterocycles. The lowest BCUT2D eigenvalue weighted by molar-refractivity contribution is -0.136. The lowest BCUT2D eigenvalue weighted by atomic mass is 9.96. The first-order chi connectivity index (χ1) is 11.7. The van der Waals surface area contributed by atoms with E-state index in [9.17, 15) is 9.59 Å². The molecule has 2 heterocycles. The van der Waals surface area contributed by atoms with Crippen LogP contribution in [0.4, 0.5) is 10.6 Å². The first-order valence-electron chi connectivity index (χ1n) is 8.08. The van der Waals surface area contributed by atoms with Crippen LogP contribution in [0.5, 0.6) is 0 Å². The second-order valence-corrected chi connectivity index (χ2v) is 6.61. The highest BCUT2D eigenvalue weighted by Crippen LogP contribution is 2.26. The molecule has 0 aromatic carbocycles. The zero-order valence-electron chi connectivity index (χ0n) is 15.1. The number of carbonyl (C=O) groups is 2. The average Bonchev–Trinajstić information content (AvgIpc) is 2.96. The molecule has 2 rings (SSSR count). The van der Waals surface area contributed by atoms with Gasteiger partial charge in [0.05, 0.1) is 12.8 Å². The number of pyridine rings is 1. The maximum atomic E-state index is 11.9. The number of esters is 1. The summed E-state index contributed by atoms with van der Waals surface area (Å²) in [6.07, 6.45) is 3.58. The van der Waals surface area contributed by atoms with Crippen molar-refractivity contribution in [2.45, 2.75) is 39.7 Å². The molecular weight excluding hydrogens is 322 g/mol. The maximum absolute atomic E-state index is 11.9. The van der Waals surface area contributed by atoms with Crippen LogP contribution >= 0.6 is 0 Å². The number of hydrogen-bond acceptors (Lipinski definition) is 6. The van der Waals surface area contributed by atoms with Crippen molar-refractivity contribution >= 4 is 23.6 Å². The van der Waals surface area contributed by atoms with Crippen LogP contribution in [0.3, 0.4) is 0 Å². The number of carbonyl (C=O) groups excluding carboxylic acids is 2. The minimum Gasteiger partial charge on any atom is -0.464 e. The van der Waals surface area contributed by atoms with Crippen molar-refractivity contribution < 1.29 is 19.1 Å². The Kier molecular flexibility index (Phi) is 5.56. The monoisotopic (exact) mass is 345 g/mol. The van der Waals surface area contributed by atoms with Crippen LogP contribution in [-0.2, 0) is 14.3 Å². The topological polar surface area (TPSA) is 89.9 Å². The molecule has 1 aromatic rings. The third-order valence-electron chi connectivity index (χ3n) is 3.47. The zero-order chi connectivity index (χ0) is 18.6. The predicted octanol–water partition coefficient (Wildman–Crippen LogP) is 3.31. The highest BCUT2D eigenvalue weighted by atomic mass is 16.6. The summed E-state index contributed by atoms with van der Waals surface area (Å²) in [4.78, 5) is 32.1. The van der Waals surface area contributed by atoms with Crippen molar-refractivity contribution in [3.63, 3.8) is 0 Å². The quantitative estimate of drug-likeness (QED) is 0.846. The molecule has 7 heteroatoms. The molecule has 0 spiro atoms. The van der Waals surface area contributed by atoms with Crippen molar-refractivity contribution in [3.8, 4) is 0 Å². The molecule has 7 nitrogen and oxygen atoms in total. The maximum Gasteiger partial charge on any atom is 0.413 e. The highest BCUT2D eigenvalue weighted by Gasteiger charge is 2.25. The zero-order valence-corrected chi connectivity index (χ0v) is 15.1. The van der Waals surface area contributed by atoms with E-state index in [1.807, 2.05) is 6.92 Å². The van der Waals surface area contributed by atoms with Gasteiger partial charge in [-0.2, -0.15) is 0 Å². The molecule has 0 saturated carbocycles. The molecule has 0 bridgehead atoms. The molecule has 0 aliphatic carbocycles. The van der Waals surface area contributed by atoms with E-state index in [1.165, 1.54) is 7.11 Å². The number of nitrogens with zero attached hydrogens (tertiary/aromatic N) is 2. The molecule has 0 saturated heterocycles. The predicted molar refractivity (Wildman–Crippen MR) is 94.5 cm³/mol. The first kappa shape index (κ1) is 18.6. The molecule has 1 aromatic heterocycles. The smallest absolute Gasteiger partial charge is 0.413 e. The minimum absolute atomic E-state index is 0.00544. The van der Waals surface area contributed by atoms with Gasteiger partial charge in [-0.05, 0) is 45.4 Å². The number of nitrogens with one attached hydrogen (secondary N) is 1. The number of aliphatic imine (C=N–C) groups is 1. The highest BCUT2D eigenvalue weighted by molar-refractivity contribution is 6.09. The third kappa shape index (κ3) is 4.89. The van der Waals surface area contributed by atoms with E-state index < -0.39 is 17.7 Å². The molecule has 0 fully saturated rings. The standard InChI is InChI=1S/C18H23N3O4/c1-6-11-9-13(16(22)24-5)20-15(11)12-7-8-19-14(10-12)21-17(23)25-18(2,3)4/h7-11H,6H2,1-5H3,(H,19,21,23). The fourth-order valence-corrected chi connectivity index (χ4v) is 2.39. The van der Waals surface area contributed by atoms with E-state index in [0.29, 0.717) is 11.5 Å². The van der Waals surface area contributed by atoms with Crippen LogP contribution in [0.2, 0.25) is 0 Å². The second-order valence-electron chi connectivity index (χ2n) is 6.61. The van der Waals surface area contributed by atoms with E-state index >= 15 is 0 Å². The van der Waals surface area contributed by atoms with Gasteiger partial charge in [0.25, 0.3) is 0 Å². The number of aromatic nitrogens is 1. The lowest BCUT2D eigenvalue weighted by Gasteiger charge is -2.19. The third-order valence-corrected chi connectivity index (χ3v) is 3.47. The van der Waals surface area contributed by atoms with Gasteiger partial charge in [-0.3, -0.25) is 5.32 Å². The molecule has 25 heavy (non-hydrogen) atoms. The number of rotatable bonds is 4. The molecule has 0 radical (unpaired) electrons. The molecule has 1 atom stereocenters. The van der Waals surface area contributed by atoms with E-state index in [1.54, 1.807) is 45.2 Å². The van der Waals surface area contributed by atoms with Gasteiger partial charge in [0.15, 0.2) is 0 Å². The van der Waals surface area contributed by atoms with Gasteiger partial charge >= 0.3 is 12.1 Å². The summed E-state index contributed by atoms with van der Waals surface area (Å²) in [6.45, 7) is 7.37. The van der Waals surface area contributed by atoms with Crippen LogP contribution in [0, 0.1) is 5.92 Å². The van der Waals surface area contributed by atoms with E-state index in [4.69, 9.17) is 9.47 Å². The summed E-state index contributed by atoms with van der Waals surface area (Å²) in [7, 11) is 1.33. The van der Waals surface area contributed by atoms with Gasteiger partial charge in [-0.1, -0.05) is 6.92 Å². The largest absolute Gasteiger partial charge is 0.464 e. The molecule has 134 valence electrons. The van der Waals surface area contributed by atoms with Crippen molar-refractivity contribution in [1.29, 1.82) is 0 Å². The van der Waals surface area contributed by atoms with Crippen LogP contribution in [-0.4, -0.2) is 35.5 Å². The fourth-order valence-electron chi connectivity index (χ4n) is 2.39. The number of amides is 1. The van der Waals surface area contributed by atoms with Crippen LogP contribution in [0.25, 0.3) is 0 Å². The van der Waals surface area contributed by atoms with Crippen molar-refractivity contribution in [2.75, 3.05) is 12.4 Å². The minimum atomic E-state index is -0.593. The Morgan fingerprint density at radius 2 is 2.04 bits per heavy atom. The van der Waals surface area contributed by atoms with Crippen LogP contribution in [0.15, 0.2) is 35.1 Å². The summed E-state index contributed by atoms with van der Waals surface area (Å²) in [5.41, 5.74) is 1.23. The molecule has 1 N–H and O–H groups in total. The fraction of sp³-hybridized carbons (Fsp3) is 0.444. The number of methoxy groups -OCH3 is 1. The van der Waals surface area contributed by atoms with E-state index in [0.717, 1.165) is 17.7 Å². The Labute approximate surface area is 147 Å². The van der Waals surface area contributed by atoms with Gasteiger partial charge in [0.2, 0.25) is 0 Å². The van der Waals surface area contributed by atoms with Gasteiger partial charge in [0, 0.05) is 17.7 Å². The van der Waals surface area contributed by atoms with E-state index in [-0.39, 0.29) is 5.92 Å². The Hall–Kier alpha value is -2.70. The van der Waals surface area contributed by atoms with Gasteiger partial charge in [-0.25, -0.2) is 19.6 Å². The summed E-state index contributed by atoms with van der Waals surface area (Å²) >= 11 is 0. The molecule has 1 amide bonds. The Morgan fingerprint density at radius 3 is 2.64 bits per heavy atom. The number of hydrogen-bond donors (Lipinski definition) is 1. The van der Waals surface area contributed by atoms with Crippen LogP contribution < -0.4 is 5.32 Å². The van der Waals surface area contributed by atoms with Crippen molar-refractivity contribution in [1.82, 2.24) is 4.98 Å². The van der Waals surface area contributed by atoms with Gasteiger partial charge in [-0.15, -0.1) is 0 Å². The Bertz CT molecular complexity index is 732. The van der Waals surface area contributed by atoms with Crippen molar-refractivity contribution in [3.05, 3.63) is 35.7 Å². The van der Waals surface area contributed by atoms with E-state index in [2.05, 4.69) is 15.3 Å².